The van der Waals surface area contributed by atoms with Crippen molar-refractivity contribution in [2.24, 2.45) is 0 Å². The summed E-state index contributed by atoms with van der Waals surface area (Å²) < 4.78 is 54.2. The molecule has 10 nitrogen and oxygen atoms in total. The smallest absolute Gasteiger partial charge is 0.406 e. The second-order valence-electron chi connectivity index (χ2n) is 6.05. The van der Waals surface area contributed by atoms with Gasteiger partial charge in [-0.25, -0.2) is 4.98 Å². The Bertz CT molecular complexity index is 944. The summed E-state index contributed by atoms with van der Waals surface area (Å²) in [6, 6.07) is 1.11. The fourth-order valence-corrected chi connectivity index (χ4v) is 2.80. The lowest BCUT2D eigenvalue weighted by Crippen LogP contribution is -2.29. The number of imidazole rings is 1. The second kappa shape index (κ2) is 8.88. The lowest BCUT2D eigenvalue weighted by atomic mass is 10.1. The molecule has 0 bridgehead atoms. The normalized spacial score (nSPS) is 11.2. The highest BCUT2D eigenvalue weighted by Crippen LogP contribution is 2.46. The lowest BCUT2D eigenvalue weighted by Gasteiger charge is -2.20. The van der Waals surface area contributed by atoms with E-state index in [1.165, 1.54) is 27.5 Å². The van der Waals surface area contributed by atoms with Crippen LogP contribution < -0.4 is 14.2 Å². The average molecular weight is 432 g/mol. The first-order chi connectivity index (χ1) is 14.0. The van der Waals surface area contributed by atoms with Crippen LogP contribution in [-0.2, 0) is 13.1 Å². The Balaban J connectivity index is 2.45. The summed E-state index contributed by atoms with van der Waals surface area (Å²) in [7, 11) is 4.96. The van der Waals surface area contributed by atoms with Gasteiger partial charge in [0.1, 0.15) is 17.9 Å². The topological polar surface area (TPSA) is 109 Å². The number of carbonyl (C=O) groups is 1. The number of ether oxygens (including phenoxy) is 3. The molecule has 0 fully saturated rings. The predicted octanol–water partition coefficient (Wildman–Crippen LogP) is 2.65. The van der Waals surface area contributed by atoms with Gasteiger partial charge in [0.15, 0.2) is 5.75 Å². The summed E-state index contributed by atoms with van der Waals surface area (Å²) in [6.07, 6.45) is -2.18. The van der Waals surface area contributed by atoms with Crippen LogP contribution in [0.25, 0.3) is 0 Å². The summed E-state index contributed by atoms with van der Waals surface area (Å²) in [4.78, 5) is 28.6. The molecule has 0 aliphatic rings. The first-order valence-corrected chi connectivity index (χ1v) is 8.33. The van der Waals surface area contributed by atoms with Crippen molar-refractivity contribution in [1.82, 2.24) is 14.5 Å². The third-order valence-corrected chi connectivity index (χ3v) is 4.09. The zero-order valence-corrected chi connectivity index (χ0v) is 16.5. The first kappa shape index (κ1) is 22.8. The van der Waals surface area contributed by atoms with E-state index >= 15 is 0 Å². The molecule has 1 aromatic carbocycles. The minimum Gasteiger partial charge on any atom is -0.493 e. The number of hydrogen-bond donors (Lipinski definition) is 0. The summed E-state index contributed by atoms with van der Waals surface area (Å²) in [6.45, 7) is -1.61. The highest BCUT2D eigenvalue weighted by Gasteiger charge is 2.34. The zero-order chi connectivity index (χ0) is 22.6. The Morgan fingerprint density at radius 1 is 1.23 bits per heavy atom. The molecule has 1 amide bonds. The standard InChI is InChI=1S/C17H19F3N4O6/c1-22(8-12-21-5-6-23(12)9-17(18,19)20)16(25)10-7-11(28-2)14(29-3)15(30-4)13(10)24(26)27/h5-7H,8-9H2,1-4H3. The van der Waals surface area contributed by atoms with Crippen LogP contribution in [0.1, 0.15) is 16.2 Å². The molecule has 1 heterocycles. The number of alkyl halides is 3. The van der Waals surface area contributed by atoms with Gasteiger partial charge in [-0.1, -0.05) is 0 Å². The van der Waals surface area contributed by atoms with Gasteiger partial charge in [0.05, 0.1) is 32.8 Å². The Hall–Kier alpha value is -3.51. The van der Waals surface area contributed by atoms with Gasteiger partial charge in [-0.2, -0.15) is 13.2 Å². The van der Waals surface area contributed by atoms with Crippen molar-refractivity contribution in [2.45, 2.75) is 19.3 Å². The van der Waals surface area contributed by atoms with Gasteiger partial charge in [0, 0.05) is 25.5 Å². The third kappa shape index (κ3) is 4.72. The molecule has 0 saturated carbocycles. The van der Waals surface area contributed by atoms with Gasteiger partial charge in [-0.05, 0) is 0 Å². The molecule has 2 aromatic rings. The van der Waals surface area contributed by atoms with E-state index in [0.717, 1.165) is 28.8 Å². The molecule has 0 aliphatic heterocycles. The SMILES string of the molecule is COc1cc(C(=O)N(C)Cc2nccn2CC(F)(F)F)c([N+](=O)[O-])c(OC)c1OC. The monoisotopic (exact) mass is 432 g/mol. The molecular formula is C17H19F3N4O6. The minimum atomic E-state index is -4.48. The summed E-state index contributed by atoms with van der Waals surface area (Å²) in [5.74, 6) is -1.28. The van der Waals surface area contributed by atoms with Crippen molar-refractivity contribution in [1.29, 1.82) is 0 Å². The van der Waals surface area contributed by atoms with Gasteiger partial charge in [-0.3, -0.25) is 14.9 Å². The van der Waals surface area contributed by atoms with Crippen molar-refractivity contribution >= 4 is 11.6 Å². The van der Waals surface area contributed by atoms with E-state index < -0.39 is 29.2 Å². The molecule has 0 atom stereocenters. The molecule has 1 aromatic heterocycles. The minimum absolute atomic E-state index is 0.00951. The molecule has 0 unspecified atom stereocenters. The van der Waals surface area contributed by atoms with E-state index in [4.69, 9.17) is 14.2 Å². The number of rotatable bonds is 8. The van der Waals surface area contributed by atoms with E-state index in [1.54, 1.807) is 0 Å². The molecule has 0 aliphatic carbocycles. The average Bonchev–Trinajstić information content (AvgIpc) is 3.09. The van der Waals surface area contributed by atoms with E-state index in [2.05, 4.69) is 4.98 Å². The van der Waals surface area contributed by atoms with E-state index in [1.807, 2.05) is 0 Å². The van der Waals surface area contributed by atoms with Crippen LogP contribution in [0.5, 0.6) is 17.2 Å². The van der Waals surface area contributed by atoms with Gasteiger partial charge in [0.2, 0.25) is 11.5 Å². The molecule has 0 radical (unpaired) electrons. The van der Waals surface area contributed by atoms with E-state index in [9.17, 15) is 28.1 Å². The fraction of sp³-hybridized carbons (Fsp3) is 0.412. The van der Waals surface area contributed by atoms with Crippen LogP contribution in [0.15, 0.2) is 18.5 Å². The number of halogens is 3. The molecule has 2 rings (SSSR count). The number of nitrogens with zero attached hydrogens (tertiary/aromatic N) is 4. The van der Waals surface area contributed by atoms with Crippen molar-refractivity contribution in [3.8, 4) is 17.2 Å². The lowest BCUT2D eigenvalue weighted by molar-refractivity contribution is -0.386. The van der Waals surface area contributed by atoms with E-state index in [0.29, 0.717) is 0 Å². The largest absolute Gasteiger partial charge is 0.493 e. The van der Waals surface area contributed by atoms with Gasteiger partial charge < -0.3 is 23.7 Å². The van der Waals surface area contributed by atoms with Crippen LogP contribution in [-0.4, -0.2) is 59.8 Å². The van der Waals surface area contributed by atoms with Crippen LogP contribution in [0.2, 0.25) is 0 Å². The Morgan fingerprint density at radius 2 is 1.87 bits per heavy atom. The van der Waals surface area contributed by atoms with Crippen LogP contribution in [0, 0.1) is 10.1 Å². The van der Waals surface area contributed by atoms with Gasteiger partial charge in [-0.15, -0.1) is 0 Å². The summed E-state index contributed by atoms with van der Waals surface area (Å²) in [5, 5.41) is 11.6. The number of benzene rings is 1. The zero-order valence-electron chi connectivity index (χ0n) is 16.5. The van der Waals surface area contributed by atoms with Crippen LogP contribution >= 0.6 is 0 Å². The van der Waals surface area contributed by atoms with E-state index in [-0.39, 0.29) is 35.2 Å². The van der Waals surface area contributed by atoms with Crippen LogP contribution in [0.4, 0.5) is 18.9 Å². The molecule has 0 spiro atoms. The molecule has 0 N–H and O–H groups in total. The van der Waals surface area contributed by atoms with Gasteiger partial charge >= 0.3 is 11.9 Å². The summed E-state index contributed by atoms with van der Waals surface area (Å²) in [5.41, 5.74) is -1.04. The number of hydrogen-bond acceptors (Lipinski definition) is 7. The molecule has 0 saturated heterocycles. The Kier molecular flexibility index (Phi) is 6.74. The quantitative estimate of drug-likeness (QED) is 0.466. The highest BCUT2D eigenvalue weighted by atomic mass is 19.4. The Labute approximate surface area is 168 Å². The Morgan fingerprint density at radius 3 is 2.37 bits per heavy atom. The maximum Gasteiger partial charge on any atom is 0.406 e. The van der Waals surface area contributed by atoms with Crippen molar-refractivity contribution < 1.29 is 37.1 Å². The fourth-order valence-electron chi connectivity index (χ4n) is 2.80. The van der Waals surface area contributed by atoms with Gasteiger partial charge in [0.25, 0.3) is 5.91 Å². The number of nitro groups is 1. The number of methoxy groups -OCH3 is 3. The molecular weight excluding hydrogens is 413 g/mol. The molecule has 30 heavy (non-hydrogen) atoms. The second-order valence-corrected chi connectivity index (χ2v) is 6.05. The number of amides is 1. The summed E-state index contributed by atoms with van der Waals surface area (Å²) >= 11 is 0. The van der Waals surface area contributed by atoms with Crippen molar-refractivity contribution in [3.63, 3.8) is 0 Å². The first-order valence-electron chi connectivity index (χ1n) is 8.33. The number of carbonyl (C=O) groups excluding carboxylic acids is 1. The molecule has 13 heteroatoms. The maximum atomic E-state index is 12.9. The van der Waals surface area contributed by atoms with Crippen LogP contribution in [0.3, 0.4) is 0 Å². The number of nitro benzene ring substituents is 1. The molecule has 164 valence electrons. The number of aromatic nitrogens is 2. The third-order valence-electron chi connectivity index (χ3n) is 4.09. The predicted molar refractivity (Wildman–Crippen MR) is 96.8 cm³/mol. The van der Waals surface area contributed by atoms with Crippen molar-refractivity contribution in [3.05, 3.63) is 40.0 Å². The highest BCUT2D eigenvalue weighted by molar-refractivity contribution is 6.00. The van der Waals surface area contributed by atoms with Crippen molar-refractivity contribution in [2.75, 3.05) is 28.4 Å². The maximum absolute atomic E-state index is 12.9.